The van der Waals surface area contributed by atoms with Crippen LogP contribution in [-0.4, -0.2) is 23.8 Å². The molecule has 0 atom stereocenters. The Morgan fingerprint density at radius 3 is 2.69 bits per heavy atom. The maximum Gasteiger partial charge on any atom is 0.244 e. The topological polar surface area (TPSA) is 55.6 Å². The first-order valence-electron chi connectivity index (χ1n) is 8.36. The molecule has 0 fully saturated rings. The first-order valence-corrected chi connectivity index (χ1v) is 8.36. The molecule has 5 heteroatoms. The van der Waals surface area contributed by atoms with Crippen LogP contribution in [0.5, 0.6) is 5.75 Å². The molecular weight excluding hydrogens is 326 g/mol. The summed E-state index contributed by atoms with van der Waals surface area (Å²) in [7, 11) is 1.60. The average Bonchev–Trinajstić information content (AvgIpc) is 3.03. The molecule has 1 aromatic heterocycles. The van der Waals surface area contributed by atoms with Gasteiger partial charge in [0.1, 0.15) is 5.75 Å². The fraction of sp³-hybridized carbons (Fsp3) is 0.143. The van der Waals surface area contributed by atoms with Crippen molar-refractivity contribution in [3.05, 3.63) is 83.7 Å². The third-order valence-corrected chi connectivity index (χ3v) is 4.01. The van der Waals surface area contributed by atoms with Gasteiger partial charge in [-0.2, -0.15) is 5.10 Å². The number of para-hydroxylation sites is 1. The maximum atomic E-state index is 12.1. The Bertz CT molecular complexity index is 914. The lowest BCUT2D eigenvalue weighted by Crippen LogP contribution is -2.20. The highest BCUT2D eigenvalue weighted by atomic mass is 16.5. The SMILES string of the molecule is COc1cccc(CC(=O)N/N=C\c2ccc(C)n2-c2ccccc2)c1. The van der Waals surface area contributed by atoms with Crippen molar-refractivity contribution in [3.8, 4) is 11.4 Å². The molecule has 1 heterocycles. The third-order valence-electron chi connectivity index (χ3n) is 4.01. The number of carbonyl (C=O) groups is 1. The van der Waals surface area contributed by atoms with E-state index in [4.69, 9.17) is 4.74 Å². The second kappa shape index (κ2) is 8.16. The number of carbonyl (C=O) groups excluding carboxylic acids is 1. The van der Waals surface area contributed by atoms with Crippen LogP contribution < -0.4 is 10.2 Å². The van der Waals surface area contributed by atoms with Crippen molar-refractivity contribution in [1.29, 1.82) is 0 Å². The minimum Gasteiger partial charge on any atom is -0.497 e. The van der Waals surface area contributed by atoms with E-state index in [9.17, 15) is 4.79 Å². The Hall–Kier alpha value is -3.34. The lowest BCUT2D eigenvalue weighted by molar-refractivity contribution is -0.120. The molecule has 0 aliphatic heterocycles. The van der Waals surface area contributed by atoms with Crippen molar-refractivity contribution in [2.45, 2.75) is 13.3 Å². The van der Waals surface area contributed by atoms with Crippen molar-refractivity contribution in [1.82, 2.24) is 9.99 Å². The average molecular weight is 347 g/mol. The minimum absolute atomic E-state index is 0.177. The van der Waals surface area contributed by atoms with Crippen LogP contribution in [0.4, 0.5) is 0 Å². The summed E-state index contributed by atoms with van der Waals surface area (Å²) >= 11 is 0. The highest BCUT2D eigenvalue weighted by Gasteiger charge is 2.06. The molecule has 1 amide bonds. The Kier molecular flexibility index (Phi) is 5.49. The van der Waals surface area contributed by atoms with E-state index in [0.29, 0.717) is 0 Å². The zero-order valence-electron chi connectivity index (χ0n) is 14.8. The highest BCUT2D eigenvalue weighted by molar-refractivity contribution is 5.83. The van der Waals surface area contributed by atoms with Gasteiger partial charge in [0, 0.05) is 11.4 Å². The fourth-order valence-electron chi connectivity index (χ4n) is 2.77. The molecule has 2 aromatic carbocycles. The van der Waals surface area contributed by atoms with Crippen LogP contribution in [0.25, 0.3) is 5.69 Å². The number of rotatable bonds is 6. The predicted molar refractivity (Wildman–Crippen MR) is 103 cm³/mol. The third kappa shape index (κ3) is 4.19. The van der Waals surface area contributed by atoms with Crippen molar-refractivity contribution in [2.75, 3.05) is 7.11 Å². The van der Waals surface area contributed by atoms with Gasteiger partial charge in [0.2, 0.25) is 5.91 Å². The molecule has 0 saturated heterocycles. The molecule has 1 N–H and O–H groups in total. The van der Waals surface area contributed by atoms with Gasteiger partial charge >= 0.3 is 0 Å². The zero-order chi connectivity index (χ0) is 18.4. The minimum atomic E-state index is -0.177. The number of hydrogen-bond acceptors (Lipinski definition) is 3. The summed E-state index contributed by atoms with van der Waals surface area (Å²) in [5, 5.41) is 4.10. The van der Waals surface area contributed by atoms with Crippen molar-refractivity contribution in [2.24, 2.45) is 5.10 Å². The molecule has 0 saturated carbocycles. The van der Waals surface area contributed by atoms with E-state index < -0.39 is 0 Å². The van der Waals surface area contributed by atoms with Crippen LogP contribution in [0.2, 0.25) is 0 Å². The van der Waals surface area contributed by atoms with Crippen LogP contribution in [0, 0.1) is 6.92 Å². The predicted octanol–water partition coefficient (Wildman–Crippen LogP) is 3.49. The molecule has 0 aliphatic rings. The van der Waals surface area contributed by atoms with Crippen molar-refractivity contribution >= 4 is 12.1 Å². The number of hydrogen-bond donors (Lipinski definition) is 1. The Labute approximate surface area is 152 Å². The lowest BCUT2D eigenvalue weighted by atomic mass is 10.1. The van der Waals surface area contributed by atoms with E-state index in [1.165, 1.54) is 0 Å². The van der Waals surface area contributed by atoms with Gasteiger partial charge < -0.3 is 9.30 Å². The van der Waals surface area contributed by atoms with Gasteiger partial charge in [-0.05, 0) is 48.9 Å². The number of nitrogens with zero attached hydrogens (tertiary/aromatic N) is 2. The van der Waals surface area contributed by atoms with E-state index >= 15 is 0 Å². The normalized spacial score (nSPS) is 10.8. The van der Waals surface area contributed by atoms with Gasteiger partial charge in [0.15, 0.2) is 0 Å². The molecule has 0 radical (unpaired) electrons. The quantitative estimate of drug-likeness (QED) is 0.548. The van der Waals surface area contributed by atoms with Gasteiger partial charge in [-0.15, -0.1) is 0 Å². The monoisotopic (exact) mass is 347 g/mol. The van der Waals surface area contributed by atoms with Crippen LogP contribution >= 0.6 is 0 Å². The summed E-state index contributed by atoms with van der Waals surface area (Å²) in [4.78, 5) is 12.1. The molecule has 132 valence electrons. The number of benzene rings is 2. The number of methoxy groups -OCH3 is 1. The van der Waals surface area contributed by atoms with E-state index in [2.05, 4.69) is 15.1 Å². The summed E-state index contributed by atoms with van der Waals surface area (Å²) in [5.74, 6) is 0.555. The van der Waals surface area contributed by atoms with E-state index in [1.54, 1.807) is 13.3 Å². The van der Waals surface area contributed by atoms with Crippen LogP contribution in [-0.2, 0) is 11.2 Å². The summed E-state index contributed by atoms with van der Waals surface area (Å²) in [6.07, 6.45) is 1.90. The smallest absolute Gasteiger partial charge is 0.244 e. The number of aromatic nitrogens is 1. The fourth-order valence-corrected chi connectivity index (χ4v) is 2.77. The summed E-state index contributed by atoms with van der Waals surface area (Å²) in [5.41, 5.74) is 6.51. The first kappa shape index (κ1) is 17.5. The van der Waals surface area contributed by atoms with Crippen LogP contribution in [0.1, 0.15) is 17.0 Å². The van der Waals surface area contributed by atoms with Gasteiger partial charge in [-0.3, -0.25) is 4.79 Å². The molecule has 3 aromatic rings. The van der Waals surface area contributed by atoms with Crippen LogP contribution in [0.15, 0.2) is 71.8 Å². The standard InChI is InChI=1S/C21H21N3O2/c1-16-11-12-19(24(16)18-8-4-3-5-9-18)15-22-23-21(25)14-17-7-6-10-20(13-17)26-2/h3-13,15H,14H2,1-2H3,(H,23,25)/b22-15-. The molecular formula is C21H21N3O2. The van der Waals surface area contributed by atoms with E-state index in [1.807, 2.05) is 73.7 Å². The van der Waals surface area contributed by atoms with Gasteiger partial charge in [0.25, 0.3) is 0 Å². The highest BCUT2D eigenvalue weighted by Crippen LogP contribution is 2.15. The zero-order valence-corrected chi connectivity index (χ0v) is 14.8. The Morgan fingerprint density at radius 2 is 1.92 bits per heavy atom. The summed E-state index contributed by atoms with van der Waals surface area (Å²) < 4.78 is 7.25. The van der Waals surface area contributed by atoms with Crippen LogP contribution in [0.3, 0.4) is 0 Å². The van der Waals surface area contributed by atoms with E-state index in [-0.39, 0.29) is 12.3 Å². The number of nitrogens with one attached hydrogen (secondary N) is 1. The molecule has 0 aliphatic carbocycles. The summed E-state index contributed by atoms with van der Waals surface area (Å²) in [6, 6.07) is 21.5. The number of hydrazone groups is 1. The Balaban J connectivity index is 1.67. The van der Waals surface area contributed by atoms with Gasteiger partial charge in [-0.1, -0.05) is 30.3 Å². The molecule has 3 rings (SSSR count). The largest absolute Gasteiger partial charge is 0.497 e. The van der Waals surface area contributed by atoms with Gasteiger partial charge in [-0.25, -0.2) is 5.43 Å². The molecule has 26 heavy (non-hydrogen) atoms. The first-order chi connectivity index (χ1) is 12.7. The second-order valence-electron chi connectivity index (χ2n) is 5.89. The number of amides is 1. The van der Waals surface area contributed by atoms with Crippen molar-refractivity contribution in [3.63, 3.8) is 0 Å². The molecule has 0 bridgehead atoms. The Morgan fingerprint density at radius 1 is 1.12 bits per heavy atom. The van der Waals surface area contributed by atoms with Crippen molar-refractivity contribution < 1.29 is 9.53 Å². The molecule has 0 unspecified atom stereocenters. The second-order valence-corrected chi connectivity index (χ2v) is 5.89. The maximum absolute atomic E-state index is 12.1. The lowest BCUT2D eigenvalue weighted by Gasteiger charge is -2.09. The molecule has 0 spiro atoms. The summed E-state index contributed by atoms with van der Waals surface area (Å²) in [6.45, 7) is 2.03. The number of aryl methyl sites for hydroxylation is 1. The number of ether oxygens (including phenoxy) is 1. The molecule has 5 nitrogen and oxygen atoms in total. The van der Waals surface area contributed by atoms with E-state index in [0.717, 1.165) is 28.4 Å². The van der Waals surface area contributed by atoms with Gasteiger partial charge in [0.05, 0.1) is 25.4 Å².